The Morgan fingerprint density at radius 1 is 1.28 bits per heavy atom. The van der Waals surface area contributed by atoms with E-state index in [9.17, 15) is 13.2 Å². The van der Waals surface area contributed by atoms with Gasteiger partial charge in [0.1, 0.15) is 0 Å². The third kappa shape index (κ3) is 4.39. The maximum Gasteiger partial charge on any atom is 0.290 e. The molecule has 1 unspecified atom stereocenters. The van der Waals surface area contributed by atoms with Gasteiger partial charge >= 0.3 is 0 Å². The summed E-state index contributed by atoms with van der Waals surface area (Å²) in [5.41, 5.74) is 0.689. The van der Waals surface area contributed by atoms with Gasteiger partial charge in [0.2, 0.25) is 0 Å². The first kappa shape index (κ1) is 18.8. The van der Waals surface area contributed by atoms with Crippen molar-refractivity contribution in [2.45, 2.75) is 19.0 Å². The summed E-state index contributed by atoms with van der Waals surface area (Å²) >= 11 is 15.3. The first-order valence-electron chi connectivity index (χ1n) is 7.46. The number of nitrogens with zero attached hydrogens (tertiary/aromatic N) is 1. The molecule has 2 aromatic rings. The summed E-state index contributed by atoms with van der Waals surface area (Å²) in [6, 6.07) is 7.74. The van der Waals surface area contributed by atoms with Gasteiger partial charge in [-0.15, -0.1) is 0 Å². The van der Waals surface area contributed by atoms with Crippen LogP contribution < -0.4 is 0 Å². The molecule has 1 atom stereocenters. The lowest BCUT2D eigenvalue weighted by Gasteiger charge is -2.28. The SMILES string of the molecule is O=C(c1ccc(Br)o1)N(Cc1ccc(Cl)cc1Cl)C1CCS(=O)(=O)C1. The van der Waals surface area contributed by atoms with Crippen LogP contribution in [0.3, 0.4) is 0 Å². The quantitative estimate of drug-likeness (QED) is 0.677. The van der Waals surface area contributed by atoms with Gasteiger partial charge in [-0.3, -0.25) is 4.79 Å². The van der Waals surface area contributed by atoms with Crippen molar-refractivity contribution in [3.8, 4) is 0 Å². The van der Waals surface area contributed by atoms with Gasteiger partial charge in [0.25, 0.3) is 5.91 Å². The van der Waals surface area contributed by atoms with Gasteiger partial charge in [0.05, 0.1) is 11.5 Å². The molecule has 1 fully saturated rings. The fraction of sp³-hybridized carbons (Fsp3) is 0.312. The van der Waals surface area contributed by atoms with Gasteiger partial charge in [-0.25, -0.2) is 8.42 Å². The van der Waals surface area contributed by atoms with E-state index in [4.69, 9.17) is 27.6 Å². The minimum atomic E-state index is -3.15. The zero-order chi connectivity index (χ0) is 18.2. The molecule has 0 N–H and O–H groups in total. The summed E-state index contributed by atoms with van der Waals surface area (Å²) in [6.07, 6.45) is 0.390. The van der Waals surface area contributed by atoms with E-state index < -0.39 is 15.9 Å². The Morgan fingerprint density at radius 3 is 2.60 bits per heavy atom. The maximum atomic E-state index is 12.9. The number of amides is 1. The van der Waals surface area contributed by atoms with Crippen LogP contribution in [-0.2, 0) is 16.4 Å². The number of hydrogen-bond acceptors (Lipinski definition) is 4. The Bertz CT molecular complexity index is 913. The minimum Gasteiger partial charge on any atom is -0.444 e. The standard InChI is InChI=1S/C16H14BrCl2NO4S/c17-15-4-3-14(24-15)16(21)20(12-5-6-25(22,23)9-12)8-10-1-2-11(18)7-13(10)19/h1-4,7,12H,5-6,8-9H2. The number of hydrogen-bond donors (Lipinski definition) is 0. The number of rotatable bonds is 4. The number of carbonyl (C=O) groups is 1. The first-order chi connectivity index (χ1) is 11.7. The van der Waals surface area contributed by atoms with E-state index in [0.29, 0.717) is 26.7 Å². The predicted molar refractivity (Wildman–Crippen MR) is 99.8 cm³/mol. The molecule has 0 aliphatic carbocycles. The van der Waals surface area contributed by atoms with Gasteiger partial charge in [-0.05, 0) is 52.2 Å². The molecule has 0 saturated carbocycles. The molecule has 0 radical (unpaired) electrons. The Balaban J connectivity index is 1.92. The molecular formula is C16H14BrCl2NO4S. The van der Waals surface area contributed by atoms with E-state index in [1.807, 2.05) is 0 Å². The maximum absolute atomic E-state index is 12.9. The molecule has 1 aromatic carbocycles. The largest absolute Gasteiger partial charge is 0.444 e. The first-order valence-corrected chi connectivity index (χ1v) is 10.8. The molecule has 2 heterocycles. The highest BCUT2D eigenvalue weighted by molar-refractivity contribution is 9.10. The van der Waals surface area contributed by atoms with Crippen molar-refractivity contribution in [3.05, 3.63) is 56.4 Å². The van der Waals surface area contributed by atoms with Crippen LogP contribution in [0.2, 0.25) is 10.0 Å². The normalized spacial score (nSPS) is 19.1. The molecule has 5 nitrogen and oxygen atoms in total. The van der Waals surface area contributed by atoms with Crippen LogP contribution in [0.5, 0.6) is 0 Å². The lowest BCUT2D eigenvalue weighted by molar-refractivity contribution is 0.0647. The predicted octanol–water partition coefficient (Wildman–Crippen LogP) is 4.18. The second-order valence-corrected chi connectivity index (χ2v) is 9.68. The Kier molecular flexibility index (Phi) is 5.48. The molecule has 1 aromatic heterocycles. The van der Waals surface area contributed by atoms with Crippen molar-refractivity contribution in [2.75, 3.05) is 11.5 Å². The summed E-state index contributed by atoms with van der Waals surface area (Å²) in [6.45, 7) is 0.174. The molecule has 9 heteroatoms. The zero-order valence-electron chi connectivity index (χ0n) is 12.9. The topological polar surface area (TPSA) is 67.6 Å². The molecule has 1 aliphatic rings. The average Bonchev–Trinajstić information content (AvgIpc) is 3.11. The third-order valence-electron chi connectivity index (χ3n) is 4.05. The second kappa shape index (κ2) is 7.31. The summed E-state index contributed by atoms with van der Waals surface area (Å²) in [5, 5.41) is 0.914. The van der Waals surface area contributed by atoms with E-state index in [0.717, 1.165) is 0 Å². The van der Waals surface area contributed by atoms with Gasteiger partial charge in [-0.2, -0.15) is 0 Å². The van der Waals surface area contributed by atoms with Gasteiger partial charge < -0.3 is 9.32 Å². The summed E-state index contributed by atoms with van der Waals surface area (Å²) in [7, 11) is -3.15. The van der Waals surface area contributed by atoms with E-state index in [-0.39, 0.29) is 29.7 Å². The van der Waals surface area contributed by atoms with E-state index in [1.54, 1.807) is 30.3 Å². The molecule has 3 rings (SSSR count). The molecular weight excluding hydrogens is 453 g/mol. The molecule has 1 amide bonds. The van der Waals surface area contributed by atoms with Gasteiger partial charge in [0.15, 0.2) is 20.3 Å². The van der Waals surface area contributed by atoms with Crippen molar-refractivity contribution >= 4 is 54.9 Å². The van der Waals surface area contributed by atoms with Crippen molar-refractivity contribution < 1.29 is 17.6 Å². The van der Waals surface area contributed by atoms with Crippen molar-refractivity contribution in [1.29, 1.82) is 0 Å². The van der Waals surface area contributed by atoms with Gasteiger partial charge in [0, 0.05) is 22.6 Å². The van der Waals surface area contributed by atoms with Crippen LogP contribution in [-0.4, -0.2) is 36.8 Å². The summed E-state index contributed by atoms with van der Waals surface area (Å²) in [5.74, 6) is -0.233. The highest BCUT2D eigenvalue weighted by Gasteiger charge is 2.36. The van der Waals surface area contributed by atoms with Crippen LogP contribution >= 0.6 is 39.1 Å². The molecule has 0 spiro atoms. The Labute approximate surface area is 163 Å². The second-order valence-electron chi connectivity index (χ2n) is 5.83. The third-order valence-corrected chi connectivity index (χ3v) is 6.81. The zero-order valence-corrected chi connectivity index (χ0v) is 16.8. The molecule has 0 bridgehead atoms. The molecule has 134 valence electrons. The van der Waals surface area contributed by atoms with Crippen LogP contribution in [0.4, 0.5) is 0 Å². The fourth-order valence-electron chi connectivity index (χ4n) is 2.79. The summed E-state index contributed by atoms with van der Waals surface area (Å²) < 4.78 is 29.5. The minimum absolute atomic E-state index is 0.0637. The highest BCUT2D eigenvalue weighted by atomic mass is 79.9. The van der Waals surface area contributed by atoms with Crippen molar-refractivity contribution in [3.63, 3.8) is 0 Å². The molecule has 1 aliphatic heterocycles. The monoisotopic (exact) mass is 465 g/mol. The van der Waals surface area contributed by atoms with Crippen LogP contribution in [0.1, 0.15) is 22.5 Å². The van der Waals surface area contributed by atoms with E-state index >= 15 is 0 Å². The van der Waals surface area contributed by atoms with E-state index in [2.05, 4.69) is 15.9 Å². The van der Waals surface area contributed by atoms with Crippen molar-refractivity contribution in [2.24, 2.45) is 0 Å². The number of furan rings is 1. The number of halogens is 3. The number of carbonyl (C=O) groups excluding carboxylic acids is 1. The Morgan fingerprint density at radius 2 is 2.04 bits per heavy atom. The van der Waals surface area contributed by atoms with Crippen molar-refractivity contribution in [1.82, 2.24) is 4.90 Å². The van der Waals surface area contributed by atoms with Crippen LogP contribution in [0.15, 0.2) is 39.4 Å². The lowest BCUT2D eigenvalue weighted by atomic mass is 10.1. The van der Waals surface area contributed by atoms with Gasteiger partial charge in [-0.1, -0.05) is 29.3 Å². The smallest absolute Gasteiger partial charge is 0.290 e. The van der Waals surface area contributed by atoms with Crippen LogP contribution in [0.25, 0.3) is 0 Å². The average molecular weight is 467 g/mol. The Hall–Kier alpha value is -1.02. The van der Waals surface area contributed by atoms with E-state index in [1.165, 1.54) is 4.90 Å². The summed E-state index contributed by atoms with van der Waals surface area (Å²) in [4.78, 5) is 14.4. The number of benzene rings is 1. The highest BCUT2D eigenvalue weighted by Crippen LogP contribution is 2.27. The molecule has 1 saturated heterocycles. The number of sulfone groups is 1. The fourth-order valence-corrected chi connectivity index (χ4v) is 5.30. The molecule has 25 heavy (non-hydrogen) atoms. The van der Waals surface area contributed by atoms with Crippen LogP contribution in [0, 0.1) is 0 Å². The lowest BCUT2D eigenvalue weighted by Crippen LogP contribution is -2.40.